The Balaban J connectivity index is 0.00000274. The number of methoxy groups -OCH3 is 1. The first-order valence-corrected chi connectivity index (χ1v) is 14.0. The van der Waals surface area contributed by atoms with Crippen molar-refractivity contribution in [3.8, 4) is 16.9 Å². The molecule has 3 aromatic rings. The number of hydrogen-bond donors (Lipinski definition) is 2. The largest absolute Gasteiger partial charge is 0.495 e. The van der Waals surface area contributed by atoms with Gasteiger partial charge in [-0.15, -0.1) is 0 Å². The Labute approximate surface area is 240 Å². The summed E-state index contributed by atoms with van der Waals surface area (Å²) < 4.78 is 5.78. The van der Waals surface area contributed by atoms with Crippen molar-refractivity contribution in [2.24, 2.45) is 5.73 Å². The third-order valence-electron chi connectivity index (χ3n) is 7.02. The average Bonchev–Trinajstić information content (AvgIpc) is 3.01. The molecule has 0 saturated carbocycles. The molecule has 0 aliphatic carbocycles. The molecule has 1 amide bonds. The number of nitrogens with two attached hydrogens (primary N) is 1. The lowest BCUT2D eigenvalue weighted by atomic mass is 9.88. The molecule has 0 bridgehead atoms. The minimum absolute atomic E-state index is 0.205. The number of carbonyl (C=O) groups excluding carboxylic acids is 2. The summed E-state index contributed by atoms with van der Waals surface area (Å²) in [5, 5.41) is 2.74. The summed E-state index contributed by atoms with van der Waals surface area (Å²) in [4.78, 5) is 23.8. The Morgan fingerprint density at radius 3 is 2.27 bits per heavy atom. The molecule has 3 N–H and O–H groups in total. The molecule has 0 aliphatic rings. The monoisotopic (exact) mass is 540 g/mol. The van der Waals surface area contributed by atoms with Crippen LogP contribution in [0.1, 0.15) is 88.4 Å². The number of carbonyl (C=O) groups is 2. The van der Waals surface area contributed by atoms with Gasteiger partial charge in [0.2, 0.25) is 0 Å². The number of amides is 1. The highest BCUT2D eigenvalue weighted by Gasteiger charge is 2.22. The highest BCUT2D eigenvalue weighted by molar-refractivity contribution is 6.04. The molecular weight excluding hydrogens is 496 g/mol. The number of aldehydes is 1. The molecule has 5 nitrogen and oxygen atoms in total. The average molecular weight is 541 g/mol. The number of allylic oxidation sites excluding steroid dienone is 1. The predicted molar refractivity (Wildman–Crippen MR) is 169 cm³/mol. The molecule has 1 unspecified atom stereocenters. The Hall–Kier alpha value is -3.96. The Morgan fingerprint density at radius 2 is 1.75 bits per heavy atom. The van der Waals surface area contributed by atoms with Gasteiger partial charge in [0.15, 0.2) is 0 Å². The van der Waals surface area contributed by atoms with E-state index in [0.29, 0.717) is 17.2 Å². The van der Waals surface area contributed by atoms with E-state index in [1.165, 1.54) is 18.2 Å². The van der Waals surface area contributed by atoms with Gasteiger partial charge in [0, 0.05) is 18.2 Å². The molecule has 5 heteroatoms. The highest BCUT2D eigenvalue weighted by atomic mass is 16.5. The first kappa shape index (κ1) is 32.3. The minimum Gasteiger partial charge on any atom is -0.495 e. The number of benzene rings is 3. The number of nitrogens with one attached hydrogen (secondary N) is 1. The lowest BCUT2D eigenvalue weighted by Crippen LogP contribution is -2.20. The first-order chi connectivity index (χ1) is 19.5. The molecule has 0 aliphatic heterocycles. The van der Waals surface area contributed by atoms with Crippen LogP contribution < -0.4 is 15.8 Å². The SMILES string of the molecule is C=Cc1c(/C=C\C)cc(-c2ccc(CCCC(CCC)c3ccc(C=O)cc3)cc2)c(OC)c1C(=O)NC.CN. The number of rotatable bonds is 13. The number of aryl methyl sites for hydroxylation is 1. The fourth-order valence-corrected chi connectivity index (χ4v) is 5.09. The maximum Gasteiger partial charge on any atom is 0.255 e. The van der Waals surface area contributed by atoms with Crippen molar-refractivity contribution in [1.29, 1.82) is 0 Å². The van der Waals surface area contributed by atoms with Crippen LogP contribution in [0.3, 0.4) is 0 Å². The van der Waals surface area contributed by atoms with Crippen molar-refractivity contribution < 1.29 is 14.3 Å². The van der Waals surface area contributed by atoms with Crippen molar-refractivity contribution in [3.63, 3.8) is 0 Å². The smallest absolute Gasteiger partial charge is 0.255 e. The fourth-order valence-electron chi connectivity index (χ4n) is 5.09. The van der Waals surface area contributed by atoms with Gasteiger partial charge in [-0.3, -0.25) is 9.59 Å². The zero-order valence-corrected chi connectivity index (χ0v) is 24.6. The zero-order chi connectivity index (χ0) is 29.5. The second-order valence-electron chi connectivity index (χ2n) is 9.48. The lowest BCUT2D eigenvalue weighted by Gasteiger charge is -2.19. The van der Waals surface area contributed by atoms with Crippen molar-refractivity contribution in [2.45, 2.75) is 51.9 Å². The van der Waals surface area contributed by atoms with E-state index in [4.69, 9.17) is 4.74 Å². The van der Waals surface area contributed by atoms with Crippen LogP contribution in [0.4, 0.5) is 0 Å². The summed E-state index contributed by atoms with van der Waals surface area (Å²) in [7, 11) is 4.72. The summed E-state index contributed by atoms with van der Waals surface area (Å²) in [5.74, 6) is 0.840. The van der Waals surface area contributed by atoms with Gasteiger partial charge in [0.1, 0.15) is 12.0 Å². The van der Waals surface area contributed by atoms with E-state index < -0.39 is 0 Å². The molecule has 0 heterocycles. The molecule has 0 radical (unpaired) electrons. The van der Waals surface area contributed by atoms with Gasteiger partial charge in [-0.1, -0.05) is 86.7 Å². The molecule has 212 valence electrons. The quantitative estimate of drug-likeness (QED) is 0.218. The summed E-state index contributed by atoms with van der Waals surface area (Å²) in [6, 6.07) is 18.6. The molecule has 0 fully saturated rings. The van der Waals surface area contributed by atoms with E-state index >= 15 is 0 Å². The fraction of sp³-hybridized carbons (Fsp3) is 0.314. The van der Waals surface area contributed by atoms with Gasteiger partial charge >= 0.3 is 0 Å². The summed E-state index contributed by atoms with van der Waals surface area (Å²) >= 11 is 0. The van der Waals surface area contributed by atoms with Crippen LogP contribution in [-0.4, -0.2) is 33.4 Å². The van der Waals surface area contributed by atoms with Crippen LogP contribution >= 0.6 is 0 Å². The third-order valence-corrected chi connectivity index (χ3v) is 7.02. The van der Waals surface area contributed by atoms with Crippen molar-refractivity contribution in [1.82, 2.24) is 5.32 Å². The molecule has 3 aromatic carbocycles. The standard InChI is InChI=1S/C34H39NO3.CH5N/c1-6-10-26(27-18-16-25(23-36)17-19-27)13-9-12-24-14-20-28(21-15-24)31-22-29(11-7-2)30(8-3)32(33(31)38-5)34(37)35-4;1-2/h7-8,11,14-23,26H,3,6,9-10,12-13H2,1-2,4-5H3,(H,35,37);2H2,1H3/b11-7-;. The van der Waals surface area contributed by atoms with Gasteiger partial charge in [-0.05, 0) is 79.5 Å². The Morgan fingerprint density at radius 1 is 1.07 bits per heavy atom. The maximum atomic E-state index is 12.8. The van der Waals surface area contributed by atoms with Crippen LogP contribution in [0.2, 0.25) is 0 Å². The molecule has 3 rings (SSSR count). The number of hydrogen-bond acceptors (Lipinski definition) is 4. The maximum absolute atomic E-state index is 12.8. The lowest BCUT2D eigenvalue weighted by molar-refractivity contribution is 0.0959. The molecule has 1 atom stereocenters. The van der Waals surface area contributed by atoms with E-state index in [1.807, 2.05) is 31.2 Å². The predicted octanol–water partition coefficient (Wildman–Crippen LogP) is 7.69. The topological polar surface area (TPSA) is 81.4 Å². The van der Waals surface area contributed by atoms with Gasteiger partial charge in [0.05, 0.1) is 12.7 Å². The molecule has 0 spiro atoms. The van der Waals surface area contributed by atoms with Crippen molar-refractivity contribution in [2.75, 3.05) is 21.2 Å². The highest BCUT2D eigenvalue weighted by Crippen LogP contribution is 2.38. The van der Waals surface area contributed by atoms with Crippen molar-refractivity contribution >= 4 is 24.3 Å². The van der Waals surface area contributed by atoms with E-state index in [1.54, 1.807) is 20.2 Å². The Kier molecular flexibility index (Phi) is 13.6. The van der Waals surface area contributed by atoms with Gasteiger partial charge < -0.3 is 15.8 Å². The van der Waals surface area contributed by atoms with E-state index in [0.717, 1.165) is 66.2 Å². The van der Waals surface area contributed by atoms with Crippen LogP contribution in [0.15, 0.2) is 67.3 Å². The molecule has 0 saturated heterocycles. The summed E-state index contributed by atoms with van der Waals surface area (Å²) in [6.07, 6.45) is 12.0. The van der Waals surface area contributed by atoms with Crippen molar-refractivity contribution in [3.05, 3.63) is 101 Å². The van der Waals surface area contributed by atoms with Gasteiger partial charge in [-0.2, -0.15) is 0 Å². The second-order valence-corrected chi connectivity index (χ2v) is 9.48. The number of ether oxygens (including phenoxy) is 1. The van der Waals surface area contributed by atoms with E-state index in [2.05, 4.69) is 67.0 Å². The molecule has 0 aromatic heterocycles. The minimum atomic E-state index is -0.205. The second kappa shape index (κ2) is 16.9. The van der Waals surface area contributed by atoms with Crippen LogP contribution in [0.25, 0.3) is 23.3 Å². The van der Waals surface area contributed by atoms with E-state index in [9.17, 15) is 9.59 Å². The Bertz CT molecular complexity index is 1280. The summed E-state index contributed by atoms with van der Waals surface area (Å²) in [6.45, 7) is 8.11. The van der Waals surface area contributed by atoms with Crippen LogP contribution in [0, 0.1) is 0 Å². The third kappa shape index (κ3) is 8.03. The first-order valence-electron chi connectivity index (χ1n) is 14.0. The van der Waals surface area contributed by atoms with Gasteiger partial charge in [0.25, 0.3) is 5.91 Å². The zero-order valence-electron chi connectivity index (χ0n) is 24.6. The summed E-state index contributed by atoms with van der Waals surface area (Å²) in [5.41, 5.74) is 11.8. The molecular formula is C35H44N2O3. The molecule has 40 heavy (non-hydrogen) atoms. The van der Waals surface area contributed by atoms with E-state index in [-0.39, 0.29) is 5.91 Å². The van der Waals surface area contributed by atoms with Crippen LogP contribution in [0.5, 0.6) is 5.75 Å². The van der Waals surface area contributed by atoms with Gasteiger partial charge in [-0.25, -0.2) is 0 Å². The normalized spacial score (nSPS) is 11.3. The van der Waals surface area contributed by atoms with Crippen LogP contribution in [-0.2, 0) is 6.42 Å².